The van der Waals surface area contributed by atoms with Crippen LogP contribution in [0.1, 0.15) is 309 Å². The normalized spacial score (nSPS) is 13.0. The quantitative estimate of drug-likeness (QED) is 0.0421. The predicted octanol–water partition coefficient (Wildman–Crippen LogP) is 18.5. The smallest absolute Gasteiger partial charge is 0.220 e. The van der Waals surface area contributed by atoms with Crippen molar-refractivity contribution in [3.63, 3.8) is 0 Å². The first kappa shape index (κ1) is 60.6. The third-order valence-electron chi connectivity index (χ3n) is 13.1. The molecule has 0 aromatic rings. The highest BCUT2D eigenvalue weighted by Gasteiger charge is 2.18. The SMILES string of the molecule is CCCCCCCCCCCCCCCCCCCCC/C=C/CC/C=C/CC/C=C/C(O)C(CO)NC(=O)CCCCCCCCCCCCCCCCCCCCCCC. The lowest BCUT2D eigenvalue weighted by Gasteiger charge is -2.19. The summed E-state index contributed by atoms with van der Waals surface area (Å²) in [6, 6.07) is -0.644. The summed E-state index contributed by atoms with van der Waals surface area (Å²) in [6.45, 7) is 4.33. The van der Waals surface area contributed by atoms with E-state index in [4.69, 9.17) is 0 Å². The molecule has 0 aromatic heterocycles. The largest absolute Gasteiger partial charge is 0.394 e. The molecule has 0 bridgehead atoms. The van der Waals surface area contributed by atoms with Crippen molar-refractivity contribution in [2.45, 2.75) is 321 Å². The van der Waals surface area contributed by atoms with Crippen molar-refractivity contribution in [2.24, 2.45) is 0 Å². The first-order valence-electron chi connectivity index (χ1n) is 28.2. The number of rotatable bonds is 52. The van der Waals surface area contributed by atoms with Crippen LogP contribution in [0.5, 0.6) is 0 Å². The monoisotopic (exact) mass is 870 g/mol. The number of unbranched alkanes of at least 4 members (excludes halogenated alkanes) is 41. The summed E-state index contributed by atoms with van der Waals surface area (Å²) in [7, 11) is 0. The van der Waals surface area contributed by atoms with E-state index in [0.29, 0.717) is 6.42 Å². The first-order chi connectivity index (χ1) is 30.7. The summed E-state index contributed by atoms with van der Waals surface area (Å²) in [5, 5.41) is 23.1. The van der Waals surface area contributed by atoms with Crippen molar-refractivity contribution in [1.82, 2.24) is 5.32 Å². The van der Waals surface area contributed by atoms with Crippen molar-refractivity contribution >= 4 is 5.91 Å². The predicted molar refractivity (Wildman–Crippen MR) is 276 cm³/mol. The molecule has 0 spiro atoms. The Morgan fingerprint density at radius 2 is 0.629 bits per heavy atom. The second-order valence-corrected chi connectivity index (χ2v) is 19.3. The molecule has 0 radical (unpaired) electrons. The van der Waals surface area contributed by atoms with Gasteiger partial charge in [-0.3, -0.25) is 4.79 Å². The molecule has 0 aliphatic rings. The summed E-state index contributed by atoms with van der Waals surface area (Å²) in [6.07, 6.45) is 73.1. The topological polar surface area (TPSA) is 69.6 Å². The van der Waals surface area contributed by atoms with Gasteiger partial charge in [0.1, 0.15) is 0 Å². The third-order valence-corrected chi connectivity index (χ3v) is 13.1. The molecular weight excluding hydrogens is 759 g/mol. The van der Waals surface area contributed by atoms with Crippen LogP contribution >= 0.6 is 0 Å². The highest BCUT2D eigenvalue weighted by Crippen LogP contribution is 2.17. The van der Waals surface area contributed by atoms with Crippen LogP contribution in [0.25, 0.3) is 0 Å². The van der Waals surface area contributed by atoms with Crippen LogP contribution in [0, 0.1) is 0 Å². The Hall–Kier alpha value is -1.39. The van der Waals surface area contributed by atoms with Crippen LogP contribution < -0.4 is 5.32 Å². The van der Waals surface area contributed by atoms with Crippen LogP contribution in [0.4, 0.5) is 0 Å². The van der Waals surface area contributed by atoms with E-state index in [1.807, 2.05) is 6.08 Å². The maximum atomic E-state index is 12.5. The lowest BCUT2D eigenvalue weighted by atomic mass is 10.0. The average molecular weight is 871 g/mol. The Bertz CT molecular complexity index is 943. The second kappa shape index (κ2) is 53.9. The summed E-state index contributed by atoms with van der Waals surface area (Å²) in [5.74, 6) is -0.0723. The van der Waals surface area contributed by atoms with Gasteiger partial charge in [-0.2, -0.15) is 0 Å². The van der Waals surface area contributed by atoms with Crippen molar-refractivity contribution < 1.29 is 15.0 Å². The molecule has 0 heterocycles. The zero-order valence-corrected chi connectivity index (χ0v) is 42.2. The van der Waals surface area contributed by atoms with Crippen LogP contribution in [0.3, 0.4) is 0 Å². The molecule has 0 rings (SSSR count). The van der Waals surface area contributed by atoms with Gasteiger partial charge in [-0.1, -0.05) is 294 Å². The lowest BCUT2D eigenvalue weighted by molar-refractivity contribution is -0.123. The second-order valence-electron chi connectivity index (χ2n) is 19.3. The molecule has 0 fully saturated rings. The third kappa shape index (κ3) is 49.6. The van der Waals surface area contributed by atoms with E-state index in [1.165, 1.54) is 250 Å². The molecule has 366 valence electrons. The van der Waals surface area contributed by atoms with Gasteiger partial charge in [-0.15, -0.1) is 0 Å². The highest BCUT2D eigenvalue weighted by molar-refractivity contribution is 5.76. The number of carbonyl (C=O) groups excluding carboxylic acids is 1. The van der Waals surface area contributed by atoms with Crippen LogP contribution in [0.15, 0.2) is 36.5 Å². The Kier molecular flexibility index (Phi) is 52.7. The molecule has 0 saturated carbocycles. The summed E-state index contributed by atoms with van der Waals surface area (Å²) < 4.78 is 0. The lowest BCUT2D eigenvalue weighted by Crippen LogP contribution is -2.45. The summed E-state index contributed by atoms with van der Waals surface area (Å²) >= 11 is 0. The number of aliphatic hydroxyl groups excluding tert-OH is 2. The number of aliphatic hydroxyl groups is 2. The van der Waals surface area contributed by atoms with Crippen molar-refractivity contribution in [3.05, 3.63) is 36.5 Å². The Morgan fingerprint density at radius 3 is 0.935 bits per heavy atom. The standard InChI is InChI=1S/C58H111NO3/c1-3-5-7-9-11-13-15-17-19-21-23-25-26-27-28-29-30-31-32-34-35-37-39-41-43-45-47-49-51-53-57(61)56(55-60)59-58(62)54-52-50-48-46-44-42-40-38-36-33-24-22-20-18-16-14-12-10-8-6-4-2/h35,37,43,45,51,53,56-57,60-61H,3-34,36,38-42,44,46-50,52,54-55H2,1-2H3,(H,59,62)/b37-35+,45-43+,53-51+. The molecule has 1 amide bonds. The summed E-state index contributed by atoms with van der Waals surface area (Å²) in [4.78, 5) is 12.5. The molecule has 0 aliphatic carbocycles. The van der Waals surface area contributed by atoms with E-state index < -0.39 is 12.1 Å². The van der Waals surface area contributed by atoms with Gasteiger partial charge in [-0.25, -0.2) is 0 Å². The van der Waals surface area contributed by atoms with E-state index >= 15 is 0 Å². The van der Waals surface area contributed by atoms with E-state index in [1.54, 1.807) is 6.08 Å². The van der Waals surface area contributed by atoms with Gasteiger partial charge < -0.3 is 15.5 Å². The van der Waals surface area contributed by atoms with E-state index in [0.717, 1.165) is 38.5 Å². The minimum atomic E-state index is -0.869. The van der Waals surface area contributed by atoms with Crippen molar-refractivity contribution in [2.75, 3.05) is 6.61 Å². The number of amides is 1. The fourth-order valence-corrected chi connectivity index (χ4v) is 8.80. The van der Waals surface area contributed by atoms with E-state index in [2.05, 4.69) is 43.5 Å². The van der Waals surface area contributed by atoms with E-state index in [9.17, 15) is 15.0 Å². The molecule has 2 atom stereocenters. The molecule has 0 saturated heterocycles. The molecular formula is C58H111NO3. The molecule has 4 nitrogen and oxygen atoms in total. The van der Waals surface area contributed by atoms with Gasteiger partial charge in [0, 0.05) is 6.42 Å². The number of carbonyl (C=O) groups is 1. The fraction of sp³-hybridized carbons (Fsp3) is 0.879. The Morgan fingerprint density at radius 1 is 0.371 bits per heavy atom. The maximum absolute atomic E-state index is 12.5. The molecule has 4 heteroatoms. The molecule has 2 unspecified atom stereocenters. The zero-order chi connectivity index (χ0) is 44.9. The van der Waals surface area contributed by atoms with Gasteiger partial charge in [0.2, 0.25) is 5.91 Å². The fourth-order valence-electron chi connectivity index (χ4n) is 8.80. The van der Waals surface area contributed by atoms with Gasteiger partial charge in [0.25, 0.3) is 0 Å². The molecule has 62 heavy (non-hydrogen) atoms. The van der Waals surface area contributed by atoms with Crippen LogP contribution in [-0.4, -0.2) is 34.9 Å². The maximum Gasteiger partial charge on any atom is 0.220 e. The molecule has 0 aliphatic heterocycles. The van der Waals surface area contributed by atoms with Gasteiger partial charge in [0.15, 0.2) is 0 Å². The average Bonchev–Trinajstić information content (AvgIpc) is 3.28. The minimum Gasteiger partial charge on any atom is -0.394 e. The number of allylic oxidation sites excluding steroid dienone is 5. The number of hydrogen-bond acceptors (Lipinski definition) is 3. The Balaban J connectivity index is 3.53. The molecule has 0 aromatic carbocycles. The molecule has 3 N–H and O–H groups in total. The number of hydrogen-bond donors (Lipinski definition) is 3. The van der Waals surface area contributed by atoms with Crippen LogP contribution in [-0.2, 0) is 4.79 Å². The van der Waals surface area contributed by atoms with Crippen molar-refractivity contribution in [3.8, 4) is 0 Å². The van der Waals surface area contributed by atoms with E-state index in [-0.39, 0.29) is 12.5 Å². The summed E-state index contributed by atoms with van der Waals surface area (Å²) in [5.41, 5.74) is 0. The minimum absolute atomic E-state index is 0.0723. The zero-order valence-electron chi connectivity index (χ0n) is 42.2. The van der Waals surface area contributed by atoms with Gasteiger partial charge >= 0.3 is 0 Å². The van der Waals surface area contributed by atoms with Crippen molar-refractivity contribution in [1.29, 1.82) is 0 Å². The Labute approximate surface area is 389 Å². The van der Waals surface area contributed by atoms with Gasteiger partial charge in [-0.05, 0) is 44.9 Å². The van der Waals surface area contributed by atoms with Gasteiger partial charge in [0.05, 0.1) is 18.8 Å². The highest BCUT2D eigenvalue weighted by atomic mass is 16.3. The number of nitrogens with one attached hydrogen (secondary N) is 1. The van der Waals surface area contributed by atoms with Crippen LogP contribution in [0.2, 0.25) is 0 Å². The first-order valence-corrected chi connectivity index (χ1v) is 28.2.